The number of carbonyl (C=O) groups excluding carboxylic acids is 1. The van der Waals surface area contributed by atoms with E-state index in [2.05, 4.69) is 26.9 Å². The number of aromatic nitrogens is 3. The fourth-order valence-corrected chi connectivity index (χ4v) is 4.13. The van der Waals surface area contributed by atoms with Crippen LogP contribution in [0.1, 0.15) is 32.8 Å². The third kappa shape index (κ3) is 5.17. The van der Waals surface area contributed by atoms with Gasteiger partial charge in [0.25, 0.3) is 0 Å². The van der Waals surface area contributed by atoms with Crippen LogP contribution in [0.5, 0.6) is 11.6 Å². The Bertz CT molecular complexity index is 1150. The summed E-state index contributed by atoms with van der Waals surface area (Å²) in [6.07, 6.45) is 3.34. The topological polar surface area (TPSA) is 81.0 Å². The zero-order valence-electron chi connectivity index (χ0n) is 19.5. The Labute approximate surface area is 194 Å². The number of carbonyl (C=O) groups is 1. The molecular formula is C25H31N5O3. The van der Waals surface area contributed by atoms with Gasteiger partial charge in [0, 0.05) is 31.0 Å². The fourth-order valence-electron chi connectivity index (χ4n) is 4.13. The lowest BCUT2D eigenvalue weighted by Crippen LogP contribution is -2.44. The number of nitrogens with one attached hydrogen (secondary N) is 1. The molecule has 4 heterocycles. The van der Waals surface area contributed by atoms with Crippen molar-refractivity contribution in [2.75, 3.05) is 31.6 Å². The highest BCUT2D eigenvalue weighted by molar-refractivity contribution is 5.78. The zero-order valence-corrected chi connectivity index (χ0v) is 19.5. The number of benzene rings is 1. The van der Waals surface area contributed by atoms with Crippen molar-refractivity contribution in [1.29, 1.82) is 0 Å². The minimum atomic E-state index is 0.113. The minimum absolute atomic E-state index is 0.113. The summed E-state index contributed by atoms with van der Waals surface area (Å²) in [5, 5.41) is 7.80. The van der Waals surface area contributed by atoms with Crippen LogP contribution >= 0.6 is 0 Å². The van der Waals surface area contributed by atoms with Crippen LogP contribution in [0.2, 0.25) is 0 Å². The van der Waals surface area contributed by atoms with Crippen molar-refractivity contribution in [2.24, 2.45) is 5.41 Å². The van der Waals surface area contributed by atoms with Crippen LogP contribution in [0, 0.1) is 5.41 Å². The van der Waals surface area contributed by atoms with E-state index in [4.69, 9.17) is 9.47 Å². The van der Waals surface area contributed by atoms with E-state index in [0.29, 0.717) is 34.9 Å². The van der Waals surface area contributed by atoms with E-state index in [-0.39, 0.29) is 5.78 Å². The smallest absolute Gasteiger partial charge is 0.237 e. The van der Waals surface area contributed by atoms with Gasteiger partial charge in [-0.2, -0.15) is 0 Å². The van der Waals surface area contributed by atoms with Gasteiger partial charge >= 0.3 is 0 Å². The van der Waals surface area contributed by atoms with Crippen LogP contribution in [0.25, 0.3) is 5.65 Å². The molecule has 1 N–H and O–H groups in total. The van der Waals surface area contributed by atoms with Crippen LogP contribution in [0.3, 0.4) is 0 Å². The maximum absolute atomic E-state index is 11.4. The Morgan fingerprint density at radius 1 is 1.27 bits per heavy atom. The van der Waals surface area contributed by atoms with Crippen LogP contribution in [0.4, 0.5) is 5.82 Å². The second-order valence-corrected chi connectivity index (χ2v) is 8.46. The highest BCUT2D eigenvalue weighted by Crippen LogP contribution is 2.38. The molecule has 2 fully saturated rings. The first-order chi connectivity index (χ1) is 16.0. The number of fused-ring (bicyclic) bond motifs is 1. The maximum Gasteiger partial charge on any atom is 0.237 e. The summed E-state index contributed by atoms with van der Waals surface area (Å²) in [6.45, 7) is 13.4. The normalized spacial score (nSPS) is 16.2. The van der Waals surface area contributed by atoms with E-state index < -0.39 is 0 Å². The van der Waals surface area contributed by atoms with Crippen molar-refractivity contribution in [3.63, 3.8) is 0 Å². The first-order valence-electron chi connectivity index (χ1n) is 11.4. The quantitative estimate of drug-likeness (QED) is 0.576. The summed E-state index contributed by atoms with van der Waals surface area (Å²) in [5.74, 6) is 2.72. The van der Waals surface area contributed by atoms with Gasteiger partial charge in [-0.1, -0.05) is 32.6 Å². The van der Waals surface area contributed by atoms with Crippen LogP contribution in [0.15, 0.2) is 55.0 Å². The first kappa shape index (κ1) is 22.8. The van der Waals surface area contributed by atoms with E-state index in [9.17, 15) is 4.79 Å². The zero-order chi connectivity index (χ0) is 23.4. The average molecular weight is 450 g/mol. The van der Waals surface area contributed by atoms with Gasteiger partial charge < -0.3 is 19.7 Å². The van der Waals surface area contributed by atoms with E-state index in [1.807, 2.05) is 50.4 Å². The number of likely N-dealkylation sites (tertiary alicyclic amines) is 1. The van der Waals surface area contributed by atoms with Crippen molar-refractivity contribution in [2.45, 2.75) is 33.6 Å². The number of imidazole rings is 1. The molecule has 2 aromatic heterocycles. The lowest BCUT2D eigenvalue weighted by atomic mass is 9.85. The van der Waals surface area contributed by atoms with Crippen LogP contribution < -0.4 is 10.1 Å². The third-order valence-electron chi connectivity index (χ3n) is 5.78. The molecule has 33 heavy (non-hydrogen) atoms. The van der Waals surface area contributed by atoms with Gasteiger partial charge in [0.15, 0.2) is 11.5 Å². The molecule has 0 saturated carbocycles. The average Bonchev–Trinajstić information content (AvgIpc) is 3.39. The number of ether oxygens (including phenoxy) is 2. The van der Waals surface area contributed by atoms with Gasteiger partial charge in [-0.05, 0) is 37.1 Å². The molecule has 1 spiro atoms. The van der Waals surface area contributed by atoms with Gasteiger partial charge in [0.2, 0.25) is 5.88 Å². The molecule has 174 valence electrons. The lowest BCUT2D eigenvalue weighted by molar-refractivity contribution is -0.116. The molecule has 0 radical (unpaired) electrons. The monoisotopic (exact) mass is 449 g/mol. The molecule has 2 aliphatic rings. The Balaban J connectivity index is 0.00000126. The van der Waals surface area contributed by atoms with Gasteiger partial charge in [-0.15, -0.1) is 5.10 Å². The molecule has 0 unspecified atom stereocenters. The van der Waals surface area contributed by atoms with Gasteiger partial charge in [-0.3, -0.25) is 4.79 Å². The summed E-state index contributed by atoms with van der Waals surface area (Å²) in [7, 11) is 0. The molecule has 0 atom stereocenters. The summed E-state index contributed by atoms with van der Waals surface area (Å²) in [6, 6.07) is 11.1. The van der Waals surface area contributed by atoms with Crippen molar-refractivity contribution in [3.05, 3.63) is 60.6 Å². The number of ketones is 1. The van der Waals surface area contributed by atoms with Gasteiger partial charge in [0.1, 0.15) is 11.5 Å². The van der Waals surface area contributed by atoms with Gasteiger partial charge in [0.05, 0.1) is 25.2 Å². The largest absolute Gasteiger partial charge is 0.438 e. The molecule has 1 aromatic carbocycles. The number of hydrogen-bond donors (Lipinski definition) is 1. The van der Waals surface area contributed by atoms with Crippen LogP contribution in [-0.4, -0.2) is 51.6 Å². The van der Waals surface area contributed by atoms with Crippen molar-refractivity contribution < 1.29 is 14.3 Å². The molecule has 0 amide bonds. The molecule has 8 nitrogen and oxygen atoms in total. The molecule has 0 aliphatic carbocycles. The second kappa shape index (κ2) is 9.62. The SMILES string of the molecule is C=C(Nc1cn2nc(Oc3cccc(CC(C)=O)c3)ccc2n1)N1CCC2(COC2)C1.CC. The fraction of sp³-hybridized carbons (Fsp3) is 0.400. The Morgan fingerprint density at radius 2 is 2.09 bits per heavy atom. The summed E-state index contributed by atoms with van der Waals surface area (Å²) in [4.78, 5) is 18.2. The lowest BCUT2D eigenvalue weighted by Gasteiger charge is -2.38. The molecule has 5 rings (SSSR count). The van der Waals surface area contributed by atoms with E-state index >= 15 is 0 Å². The maximum atomic E-state index is 11.4. The number of rotatable bonds is 7. The van der Waals surface area contributed by atoms with Crippen molar-refractivity contribution in [1.82, 2.24) is 19.5 Å². The van der Waals surface area contributed by atoms with E-state index in [1.165, 1.54) is 0 Å². The summed E-state index contributed by atoms with van der Waals surface area (Å²) in [5.41, 5.74) is 1.92. The molecule has 3 aromatic rings. The molecule has 2 aliphatic heterocycles. The van der Waals surface area contributed by atoms with Crippen molar-refractivity contribution in [3.8, 4) is 11.6 Å². The number of anilines is 1. The van der Waals surface area contributed by atoms with Crippen LogP contribution in [-0.2, 0) is 16.0 Å². The van der Waals surface area contributed by atoms with E-state index in [1.54, 1.807) is 17.5 Å². The predicted octanol–water partition coefficient (Wildman–Crippen LogP) is 4.28. The van der Waals surface area contributed by atoms with E-state index in [0.717, 1.165) is 44.1 Å². The molecule has 0 bridgehead atoms. The number of nitrogens with zero attached hydrogens (tertiary/aromatic N) is 4. The number of hydrogen-bond acceptors (Lipinski definition) is 7. The second-order valence-electron chi connectivity index (χ2n) is 8.46. The highest BCUT2D eigenvalue weighted by Gasteiger charge is 2.44. The summed E-state index contributed by atoms with van der Waals surface area (Å²) < 4.78 is 13.0. The minimum Gasteiger partial charge on any atom is -0.438 e. The highest BCUT2D eigenvalue weighted by atomic mass is 16.5. The Kier molecular flexibility index (Phi) is 6.65. The Hall–Kier alpha value is -3.39. The third-order valence-corrected chi connectivity index (χ3v) is 5.78. The molecular weight excluding hydrogens is 418 g/mol. The Morgan fingerprint density at radius 3 is 2.79 bits per heavy atom. The van der Waals surface area contributed by atoms with Crippen molar-refractivity contribution >= 4 is 17.2 Å². The van der Waals surface area contributed by atoms with Gasteiger partial charge in [-0.25, -0.2) is 9.50 Å². The predicted molar refractivity (Wildman–Crippen MR) is 127 cm³/mol. The summed E-state index contributed by atoms with van der Waals surface area (Å²) >= 11 is 0. The first-order valence-corrected chi connectivity index (χ1v) is 11.4. The standard InChI is InChI=1S/C23H25N5O3.C2H6/c1-16(29)10-18-4-3-5-19(11-18)31-22-7-6-21-25-20(12-28(21)26-22)24-17(2)27-9-8-23(13-27)14-30-15-23;1-2/h3-7,11-12,24H,2,8-10,13-15H2,1H3;1-2H3. The number of Topliss-reactive ketones (excluding diaryl/α,β-unsaturated/α-hetero) is 1. The molecule has 2 saturated heterocycles. The molecule has 8 heteroatoms.